The fourth-order valence-electron chi connectivity index (χ4n) is 1.36. The van der Waals surface area contributed by atoms with Crippen molar-refractivity contribution in [3.05, 3.63) is 0 Å². The molecule has 5 nitrogen and oxygen atoms in total. The minimum atomic E-state index is -1.16. The molecule has 1 unspecified atom stereocenters. The van der Waals surface area contributed by atoms with E-state index in [-0.39, 0.29) is 0 Å². The minimum Gasteiger partial charge on any atom is -0.480 e. The maximum atomic E-state index is 10.8. The third-order valence-corrected chi connectivity index (χ3v) is 2.23. The summed E-state index contributed by atoms with van der Waals surface area (Å²) < 4.78 is 0. The van der Waals surface area contributed by atoms with Gasteiger partial charge in [-0.2, -0.15) is 0 Å². The molecule has 0 bridgehead atoms. The lowest BCUT2D eigenvalue weighted by molar-refractivity contribution is -0.143. The molecule has 1 atom stereocenters. The van der Waals surface area contributed by atoms with Crippen molar-refractivity contribution >= 4 is 5.97 Å². The van der Waals surface area contributed by atoms with E-state index in [1.165, 1.54) is 6.92 Å². The van der Waals surface area contributed by atoms with Gasteiger partial charge in [0.2, 0.25) is 0 Å². The van der Waals surface area contributed by atoms with E-state index >= 15 is 0 Å². The summed E-state index contributed by atoms with van der Waals surface area (Å²) in [6, 6.07) is 0. The van der Waals surface area contributed by atoms with E-state index in [0.717, 1.165) is 19.5 Å². The van der Waals surface area contributed by atoms with Gasteiger partial charge in [0, 0.05) is 6.54 Å². The Kier molecular flexibility index (Phi) is 5.79. The van der Waals surface area contributed by atoms with Crippen LogP contribution in [0.3, 0.4) is 0 Å². The summed E-state index contributed by atoms with van der Waals surface area (Å²) in [7, 11) is 5.93. The highest BCUT2D eigenvalue weighted by molar-refractivity contribution is 5.78. The largest absolute Gasteiger partial charge is 0.480 e. The zero-order chi connectivity index (χ0) is 12.1. The minimum absolute atomic E-state index is 0.371. The second kappa shape index (κ2) is 6.05. The van der Waals surface area contributed by atoms with Gasteiger partial charge in [-0.3, -0.25) is 4.79 Å². The molecule has 0 aliphatic heterocycles. The van der Waals surface area contributed by atoms with Gasteiger partial charge in [-0.15, -0.1) is 0 Å². The predicted molar refractivity (Wildman–Crippen MR) is 60.9 cm³/mol. The van der Waals surface area contributed by atoms with E-state index in [1.54, 1.807) is 0 Å². The van der Waals surface area contributed by atoms with Gasteiger partial charge >= 0.3 is 5.97 Å². The van der Waals surface area contributed by atoms with Gasteiger partial charge in [-0.1, -0.05) is 0 Å². The molecule has 0 aromatic carbocycles. The number of nitrogens with zero attached hydrogens (tertiary/aromatic N) is 2. The zero-order valence-corrected chi connectivity index (χ0v) is 10.2. The van der Waals surface area contributed by atoms with Crippen LogP contribution in [0.4, 0.5) is 0 Å². The Hall–Kier alpha value is -0.650. The molecule has 5 heteroatoms. The highest BCUT2D eigenvalue weighted by Gasteiger charge is 2.28. The number of carboxylic acid groups (broad SMARTS) is 1. The maximum absolute atomic E-state index is 10.8. The summed E-state index contributed by atoms with van der Waals surface area (Å²) in [5, 5.41) is 8.84. The predicted octanol–water partition coefficient (Wildman–Crippen LogP) is -0.328. The van der Waals surface area contributed by atoms with Crippen LogP contribution >= 0.6 is 0 Å². The van der Waals surface area contributed by atoms with Gasteiger partial charge in [0.15, 0.2) is 0 Å². The van der Waals surface area contributed by atoms with Crippen molar-refractivity contribution in [3.8, 4) is 0 Å². The molecule has 0 fully saturated rings. The first-order valence-corrected chi connectivity index (χ1v) is 5.11. The summed E-state index contributed by atoms with van der Waals surface area (Å²) in [5.74, 6) is -0.957. The third-order valence-electron chi connectivity index (χ3n) is 2.23. The average molecular weight is 217 g/mol. The van der Waals surface area contributed by atoms with Crippen molar-refractivity contribution in [3.63, 3.8) is 0 Å². The lowest BCUT2D eigenvalue weighted by Gasteiger charge is -2.26. The van der Waals surface area contributed by atoms with Gasteiger partial charge in [0.1, 0.15) is 5.54 Å². The summed E-state index contributed by atoms with van der Waals surface area (Å²) in [5.41, 5.74) is 4.48. The number of carboxylic acids is 1. The number of nitrogens with two attached hydrogens (primary N) is 1. The molecule has 15 heavy (non-hydrogen) atoms. The molecular formula is C10H23N3O2. The highest BCUT2D eigenvalue weighted by Crippen LogP contribution is 2.02. The Morgan fingerprint density at radius 2 is 1.87 bits per heavy atom. The average Bonchev–Trinajstić information content (AvgIpc) is 2.01. The SMILES string of the molecule is CN(C)CCCN(C)CC(C)(N)C(=O)O. The molecule has 0 spiro atoms. The van der Waals surface area contributed by atoms with Crippen molar-refractivity contribution in [2.75, 3.05) is 40.8 Å². The fraction of sp³-hybridized carbons (Fsp3) is 0.900. The van der Waals surface area contributed by atoms with E-state index in [4.69, 9.17) is 10.8 Å². The van der Waals surface area contributed by atoms with Crippen LogP contribution in [0.5, 0.6) is 0 Å². The summed E-state index contributed by atoms with van der Waals surface area (Å²) in [6.45, 7) is 3.77. The van der Waals surface area contributed by atoms with Gasteiger partial charge in [-0.25, -0.2) is 0 Å². The Bertz CT molecular complexity index is 205. The first-order chi connectivity index (χ1) is 6.75. The number of likely N-dealkylation sites (N-methyl/N-ethyl adjacent to an activating group) is 1. The van der Waals surface area contributed by atoms with Crippen molar-refractivity contribution < 1.29 is 9.90 Å². The van der Waals surface area contributed by atoms with E-state index in [9.17, 15) is 4.79 Å². The molecule has 3 N–H and O–H groups in total. The van der Waals surface area contributed by atoms with Crippen LogP contribution in [-0.2, 0) is 4.79 Å². The van der Waals surface area contributed by atoms with Crippen LogP contribution in [0.25, 0.3) is 0 Å². The first kappa shape index (κ1) is 14.3. The molecule has 90 valence electrons. The molecule has 0 amide bonds. The lowest BCUT2D eigenvalue weighted by atomic mass is 10.0. The quantitative estimate of drug-likeness (QED) is 0.611. The molecule has 0 aliphatic carbocycles. The van der Waals surface area contributed by atoms with E-state index in [1.807, 2.05) is 26.0 Å². The topological polar surface area (TPSA) is 69.8 Å². The second-order valence-corrected chi connectivity index (χ2v) is 4.62. The normalized spacial score (nSPS) is 15.7. The Morgan fingerprint density at radius 1 is 1.33 bits per heavy atom. The highest BCUT2D eigenvalue weighted by atomic mass is 16.4. The van der Waals surface area contributed by atoms with Gasteiger partial charge in [-0.05, 0) is 47.6 Å². The Labute approximate surface area is 91.8 Å². The van der Waals surface area contributed by atoms with Crippen LogP contribution < -0.4 is 5.73 Å². The van der Waals surface area contributed by atoms with E-state index in [0.29, 0.717) is 6.54 Å². The van der Waals surface area contributed by atoms with Crippen LogP contribution in [0.1, 0.15) is 13.3 Å². The smallest absolute Gasteiger partial charge is 0.324 e. The third kappa shape index (κ3) is 6.43. The number of aliphatic carboxylic acids is 1. The Balaban J connectivity index is 3.83. The summed E-state index contributed by atoms with van der Waals surface area (Å²) in [6.07, 6.45) is 1.01. The number of rotatable bonds is 7. The molecule has 0 aliphatic rings. The second-order valence-electron chi connectivity index (χ2n) is 4.62. The summed E-state index contributed by atoms with van der Waals surface area (Å²) >= 11 is 0. The van der Waals surface area contributed by atoms with Crippen molar-refractivity contribution in [1.29, 1.82) is 0 Å². The van der Waals surface area contributed by atoms with Crippen LogP contribution in [0, 0.1) is 0 Å². The van der Waals surface area contributed by atoms with Gasteiger partial charge in [0.25, 0.3) is 0 Å². The summed E-state index contributed by atoms with van der Waals surface area (Å²) in [4.78, 5) is 14.8. The standard InChI is InChI=1S/C10H23N3O2/c1-10(11,9(14)15)8-13(4)7-5-6-12(2)3/h5-8,11H2,1-4H3,(H,14,15). The first-order valence-electron chi connectivity index (χ1n) is 5.11. The van der Waals surface area contributed by atoms with Crippen LogP contribution in [0.2, 0.25) is 0 Å². The number of hydrogen-bond acceptors (Lipinski definition) is 4. The van der Waals surface area contributed by atoms with Crippen LogP contribution in [-0.4, -0.2) is 67.2 Å². The molecule has 0 aromatic rings. The molecule has 0 heterocycles. The monoisotopic (exact) mass is 217 g/mol. The van der Waals surface area contributed by atoms with Crippen LogP contribution in [0.15, 0.2) is 0 Å². The Morgan fingerprint density at radius 3 is 2.27 bits per heavy atom. The molecule has 0 saturated carbocycles. The van der Waals surface area contributed by atoms with Crippen molar-refractivity contribution in [2.24, 2.45) is 5.73 Å². The number of hydrogen-bond donors (Lipinski definition) is 2. The number of carbonyl (C=O) groups is 1. The molecule has 0 saturated heterocycles. The van der Waals surface area contributed by atoms with Crippen molar-refractivity contribution in [2.45, 2.75) is 18.9 Å². The molecule has 0 aromatic heterocycles. The van der Waals surface area contributed by atoms with Gasteiger partial charge < -0.3 is 20.6 Å². The lowest BCUT2D eigenvalue weighted by Crippen LogP contribution is -2.53. The molecule has 0 radical (unpaired) electrons. The van der Waals surface area contributed by atoms with Crippen molar-refractivity contribution in [1.82, 2.24) is 9.80 Å². The molecule has 0 rings (SSSR count). The zero-order valence-electron chi connectivity index (χ0n) is 10.2. The van der Waals surface area contributed by atoms with E-state index < -0.39 is 11.5 Å². The van der Waals surface area contributed by atoms with E-state index in [2.05, 4.69) is 4.90 Å². The fourth-order valence-corrected chi connectivity index (χ4v) is 1.36. The maximum Gasteiger partial charge on any atom is 0.324 e. The van der Waals surface area contributed by atoms with Gasteiger partial charge in [0.05, 0.1) is 0 Å². The molecular weight excluding hydrogens is 194 g/mol.